The lowest BCUT2D eigenvalue weighted by Gasteiger charge is -2.25. The van der Waals surface area contributed by atoms with E-state index in [9.17, 15) is 14.4 Å². The number of rotatable bonds is 6. The summed E-state index contributed by atoms with van der Waals surface area (Å²) in [5.74, 6) is -0.843. The fraction of sp³-hybridized carbons (Fsp3) is 0.579. The predicted octanol–water partition coefficient (Wildman–Crippen LogP) is 1.42. The molecule has 1 saturated heterocycles. The predicted molar refractivity (Wildman–Crippen MR) is 103 cm³/mol. The van der Waals surface area contributed by atoms with E-state index < -0.39 is 18.0 Å². The number of methoxy groups -OCH3 is 2. The van der Waals surface area contributed by atoms with Crippen LogP contribution in [0.4, 0.5) is 0 Å². The third kappa shape index (κ3) is 4.62. The van der Waals surface area contributed by atoms with Gasteiger partial charge in [0.25, 0.3) is 5.91 Å². The number of hydrogen-bond acceptors (Lipinski definition) is 7. The molecule has 0 bridgehead atoms. The highest BCUT2D eigenvalue weighted by atomic mass is 35.5. The number of fused-ring (bicyclic) bond motifs is 1. The van der Waals surface area contributed by atoms with E-state index in [1.807, 2.05) is 6.07 Å². The van der Waals surface area contributed by atoms with Crippen molar-refractivity contribution >= 4 is 30.3 Å². The van der Waals surface area contributed by atoms with E-state index in [1.54, 1.807) is 6.07 Å². The average molecular weight is 412 g/mol. The van der Waals surface area contributed by atoms with Gasteiger partial charge in [-0.3, -0.25) is 14.6 Å². The molecule has 1 fully saturated rings. The third-order valence-electron chi connectivity index (χ3n) is 5.26. The average Bonchev–Trinajstić information content (AvgIpc) is 3.04. The molecule has 2 aliphatic heterocycles. The van der Waals surface area contributed by atoms with Gasteiger partial charge in [0.1, 0.15) is 6.04 Å². The highest BCUT2D eigenvalue weighted by Gasteiger charge is 2.38. The number of aromatic nitrogens is 1. The summed E-state index contributed by atoms with van der Waals surface area (Å²) in [6, 6.07) is 2.88. The van der Waals surface area contributed by atoms with Crippen LogP contribution in [-0.4, -0.2) is 61.1 Å². The van der Waals surface area contributed by atoms with Crippen LogP contribution in [-0.2, 0) is 25.6 Å². The van der Waals surface area contributed by atoms with Crippen LogP contribution >= 0.6 is 12.4 Å². The maximum Gasteiger partial charge on any atom is 0.328 e. The second kappa shape index (κ2) is 9.84. The Morgan fingerprint density at radius 3 is 2.61 bits per heavy atom. The van der Waals surface area contributed by atoms with Crippen molar-refractivity contribution in [1.29, 1.82) is 0 Å². The number of halogens is 1. The van der Waals surface area contributed by atoms with Crippen LogP contribution in [0.3, 0.4) is 0 Å². The summed E-state index contributed by atoms with van der Waals surface area (Å²) in [7, 11) is 2.56. The van der Waals surface area contributed by atoms with Gasteiger partial charge < -0.3 is 19.7 Å². The first-order valence-electron chi connectivity index (χ1n) is 9.21. The van der Waals surface area contributed by atoms with Crippen molar-refractivity contribution in [2.45, 2.75) is 44.2 Å². The quantitative estimate of drug-likeness (QED) is 0.707. The zero-order chi connectivity index (χ0) is 19.4. The number of carbonyl (C=O) groups excluding carboxylic acids is 3. The van der Waals surface area contributed by atoms with Gasteiger partial charge in [0.15, 0.2) is 0 Å². The van der Waals surface area contributed by atoms with E-state index in [1.165, 1.54) is 19.1 Å². The number of esters is 2. The maximum absolute atomic E-state index is 12.8. The van der Waals surface area contributed by atoms with Crippen LogP contribution in [0.25, 0.3) is 0 Å². The molecule has 0 aromatic carbocycles. The van der Waals surface area contributed by atoms with Crippen LogP contribution in [0.1, 0.15) is 53.3 Å². The first-order chi connectivity index (χ1) is 13.0. The Kier molecular flexibility index (Phi) is 7.77. The SMILES string of the molecule is COC(=O)CCC(C(=O)OC)N1Cc2nc(C3CCNCC3)ccc2C1=O.Cl. The number of ether oxygens (including phenoxy) is 2. The number of nitrogens with zero attached hydrogens (tertiary/aromatic N) is 2. The molecule has 9 heteroatoms. The Balaban J connectivity index is 0.00000280. The Hall–Kier alpha value is -2.19. The van der Waals surface area contributed by atoms with E-state index in [-0.39, 0.29) is 37.7 Å². The molecular weight excluding hydrogens is 386 g/mol. The molecule has 154 valence electrons. The molecule has 0 aliphatic carbocycles. The molecule has 1 N–H and O–H groups in total. The Morgan fingerprint density at radius 1 is 1.25 bits per heavy atom. The number of pyridine rings is 1. The number of hydrogen-bond donors (Lipinski definition) is 1. The Morgan fingerprint density at radius 2 is 1.96 bits per heavy atom. The summed E-state index contributed by atoms with van der Waals surface area (Å²) in [6.07, 6.45) is 2.23. The molecule has 3 heterocycles. The number of carbonyl (C=O) groups is 3. The summed E-state index contributed by atoms with van der Waals surface area (Å²) < 4.78 is 9.48. The lowest BCUT2D eigenvalue weighted by atomic mass is 9.93. The van der Waals surface area contributed by atoms with Crippen LogP contribution in [0.5, 0.6) is 0 Å². The number of amides is 1. The lowest BCUT2D eigenvalue weighted by Crippen LogP contribution is -2.42. The zero-order valence-electron chi connectivity index (χ0n) is 16.1. The largest absolute Gasteiger partial charge is 0.469 e. The molecule has 2 aliphatic rings. The highest BCUT2D eigenvalue weighted by Crippen LogP contribution is 2.29. The minimum absolute atomic E-state index is 0. The van der Waals surface area contributed by atoms with Gasteiger partial charge in [-0.15, -0.1) is 12.4 Å². The van der Waals surface area contributed by atoms with E-state index in [0.29, 0.717) is 17.2 Å². The molecule has 0 saturated carbocycles. The van der Waals surface area contributed by atoms with Crippen LogP contribution in [0, 0.1) is 0 Å². The molecule has 0 radical (unpaired) electrons. The molecule has 1 unspecified atom stereocenters. The summed E-state index contributed by atoms with van der Waals surface area (Å²) >= 11 is 0. The lowest BCUT2D eigenvalue weighted by molar-refractivity contribution is -0.147. The Bertz CT molecular complexity index is 736. The van der Waals surface area contributed by atoms with Gasteiger partial charge in [0.05, 0.1) is 32.0 Å². The maximum atomic E-state index is 12.8. The van der Waals surface area contributed by atoms with Gasteiger partial charge in [-0.25, -0.2) is 4.79 Å². The molecule has 1 aromatic heterocycles. The summed E-state index contributed by atoms with van der Waals surface area (Å²) in [4.78, 5) is 42.7. The van der Waals surface area contributed by atoms with E-state index >= 15 is 0 Å². The minimum Gasteiger partial charge on any atom is -0.469 e. The monoisotopic (exact) mass is 411 g/mol. The topological polar surface area (TPSA) is 97.8 Å². The van der Waals surface area contributed by atoms with E-state index in [2.05, 4.69) is 10.1 Å². The van der Waals surface area contributed by atoms with E-state index in [0.717, 1.165) is 31.6 Å². The van der Waals surface area contributed by atoms with Crippen LogP contribution in [0.2, 0.25) is 0 Å². The molecule has 1 amide bonds. The first-order valence-corrected chi connectivity index (χ1v) is 9.21. The third-order valence-corrected chi connectivity index (χ3v) is 5.26. The van der Waals surface area contributed by atoms with Crippen molar-refractivity contribution in [3.63, 3.8) is 0 Å². The normalized spacial score (nSPS) is 17.5. The second-order valence-electron chi connectivity index (χ2n) is 6.84. The van der Waals surface area contributed by atoms with Crippen LogP contribution < -0.4 is 5.32 Å². The van der Waals surface area contributed by atoms with Gasteiger partial charge in [-0.1, -0.05) is 0 Å². The molecular formula is C19H26ClN3O5. The van der Waals surface area contributed by atoms with Crippen molar-refractivity contribution in [3.8, 4) is 0 Å². The van der Waals surface area contributed by atoms with Gasteiger partial charge in [0.2, 0.25) is 0 Å². The number of piperidine rings is 1. The van der Waals surface area contributed by atoms with Crippen molar-refractivity contribution in [1.82, 2.24) is 15.2 Å². The second-order valence-corrected chi connectivity index (χ2v) is 6.84. The molecule has 1 aromatic rings. The van der Waals surface area contributed by atoms with E-state index in [4.69, 9.17) is 9.72 Å². The van der Waals surface area contributed by atoms with Crippen molar-refractivity contribution in [3.05, 3.63) is 29.1 Å². The van der Waals surface area contributed by atoms with Gasteiger partial charge in [-0.2, -0.15) is 0 Å². The first kappa shape index (κ1) is 22.1. The molecule has 8 nitrogen and oxygen atoms in total. The summed E-state index contributed by atoms with van der Waals surface area (Å²) in [5, 5.41) is 3.33. The van der Waals surface area contributed by atoms with Crippen LogP contribution in [0.15, 0.2) is 12.1 Å². The fourth-order valence-corrected chi connectivity index (χ4v) is 3.71. The molecule has 0 spiro atoms. The van der Waals surface area contributed by atoms with Gasteiger partial charge >= 0.3 is 11.9 Å². The van der Waals surface area contributed by atoms with Gasteiger partial charge in [-0.05, 0) is 44.5 Å². The number of nitrogens with one attached hydrogen (secondary N) is 1. The molecule has 1 atom stereocenters. The molecule has 3 rings (SSSR count). The summed E-state index contributed by atoms with van der Waals surface area (Å²) in [6.45, 7) is 2.17. The van der Waals surface area contributed by atoms with Crippen molar-refractivity contribution in [2.24, 2.45) is 0 Å². The summed E-state index contributed by atoms with van der Waals surface area (Å²) in [5.41, 5.74) is 2.19. The van der Waals surface area contributed by atoms with Gasteiger partial charge in [0, 0.05) is 18.0 Å². The fourth-order valence-electron chi connectivity index (χ4n) is 3.71. The Labute approximate surface area is 170 Å². The van der Waals surface area contributed by atoms with Crippen molar-refractivity contribution in [2.75, 3.05) is 27.3 Å². The minimum atomic E-state index is -0.835. The molecule has 28 heavy (non-hydrogen) atoms. The zero-order valence-corrected chi connectivity index (χ0v) is 16.9. The van der Waals surface area contributed by atoms with Crippen molar-refractivity contribution < 1.29 is 23.9 Å². The standard InChI is InChI=1S/C19H25N3O5.ClH/c1-26-17(23)6-5-16(19(25)27-2)22-11-15-13(18(22)24)3-4-14(21-15)12-7-9-20-10-8-12;/h3-4,12,16,20H,5-11H2,1-2H3;1H. The smallest absolute Gasteiger partial charge is 0.328 e. The highest BCUT2D eigenvalue weighted by molar-refractivity contribution is 6.00.